The molecule has 0 saturated carbocycles. The number of allylic oxidation sites excluding steroid dienone is 4. The van der Waals surface area contributed by atoms with Crippen molar-refractivity contribution >= 4 is 12.0 Å². The average molecular weight is 195 g/mol. The normalized spacial score (nSPS) is 18.2. The summed E-state index contributed by atoms with van der Waals surface area (Å²) in [5, 5.41) is 20.3. The van der Waals surface area contributed by atoms with Gasteiger partial charge in [0.15, 0.2) is 18.0 Å². The summed E-state index contributed by atoms with van der Waals surface area (Å²) in [4.78, 5) is 11.3. The Bertz CT molecular complexity index is 337. The molecule has 0 saturated heterocycles. The molecule has 0 amide bonds. The van der Waals surface area contributed by atoms with Crippen LogP contribution in [0.15, 0.2) is 23.5 Å². The molecule has 1 N–H and O–H groups in total. The standard InChI is InChI=1S/C10H13NO3/c1-7(2)11(14)6-8-3-4-9(12)5-10(8)13/h3-4,6-7,12H,5H2,1-2H3/b11-6-. The number of aliphatic hydroxyl groups is 1. The Morgan fingerprint density at radius 1 is 1.57 bits per heavy atom. The number of Topliss-reactive ketones (excluding diaryl/α,β-unsaturated/α-hetero) is 1. The Morgan fingerprint density at radius 3 is 2.71 bits per heavy atom. The van der Waals surface area contributed by atoms with E-state index in [0.717, 1.165) is 4.74 Å². The molecule has 0 aromatic carbocycles. The van der Waals surface area contributed by atoms with Gasteiger partial charge >= 0.3 is 0 Å². The van der Waals surface area contributed by atoms with Crippen molar-refractivity contribution in [1.82, 2.24) is 0 Å². The van der Waals surface area contributed by atoms with Gasteiger partial charge in [0.05, 0.1) is 17.8 Å². The van der Waals surface area contributed by atoms with Crippen LogP contribution in [0.1, 0.15) is 20.3 Å². The number of hydrogen-bond acceptors (Lipinski definition) is 3. The zero-order chi connectivity index (χ0) is 10.7. The van der Waals surface area contributed by atoms with E-state index in [0.29, 0.717) is 5.57 Å². The van der Waals surface area contributed by atoms with Crippen LogP contribution in [0.25, 0.3) is 0 Å². The fourth-order valence-corrected chi connectivity index (χ4v) is 1.01. The first kappa shape index (κ1) is 10.5. The van der Waals surface area contributed by atoms with E-state index in [1.54, 1.807) is 13.8 Å². The van der Waals surface area contributed by atoms with Gasteiger partial charge in [-0.2, -0.15) is 0 Å². The summed E-state index contributed by atoms with van der Waals surface area (Å²) in [7, 11) is 0. The first-order valence-corrected chi connectivity index (χ1v) is 4.44. The number of aliphatic hydroxyl groups excluding tert-OH is 1. The van der Waals surface area contributed by atoms with Crippen LogP contribution < -0.4 is 0 Å². The van der Waals surface area contributed by atoms with Crippen molar-refractivity contribution in [3.05, 3.63) is 28.7 Å². The molecule has 0 radical (unpaired) electrons. The molecule has 0 bridgehead atoms. The van der Waals surface area contributed by atoms with Crippen molar-refractivity contribution in [2.75, 3.05) is 0 Å². The Morgan fingerprint density at radius 2 is 2.21 bits per heavy atom. The van der Waals surface area contributed by atoms with Gasteiger partial charge in [0.1, 0.15) is 0 Å². The van der Waals surface area contributed by atoms with Gasteiger partial charge in [-0.1, -0.05) is 0 Å². The predicted octanol–water partition coefficient (Wildman–Crippen LogP) is 1.32. The van der Waals surface area contributed by atoms with Crippen molar-refractivity contribution in [2.45, 2.75) is 26.3 Å². The molecule has 0 unspecified atom stereocenters. The molecule has 0 aromatic rings. The highest BCUT2D eigenvalue weighted by molar-refractivity contribution is 6.13. The fourth-order valence-electron chi connectivity index (χ4n) is 1.01. The molecule has 0 fully saturated rings. The molecule has 0 aliphatic heterocycles. The van der Waals surface area contributed by atoms with Crippen LogP contribution in [0.5, 0.6) is 0 Å². The van der Waals surface area contributed by atoms with E-state index in [2.05, 4.69) is 0 Å². The summed E-state index contributed by atoms with van der Waals surface area (Å²) in [6.45, 7) is 3.48. The number of hydroxylamine groups is 1. The second-order valence-corrected chi connectivity index (χ2v) is 3.46. The topological polar surface area (TPSA) is 63.4 Å². The Labute approximate surface area is 82.4 Å². The van der Waals surface area contributed by atoms with E-state index >= 15 is 0 Å². The number of carbonyl (C=O) groups excluding carboxylic acids is 1. The highest BCUT2D eigenvalue weighted by Crippen LogP contribution is 2.11. The highest BCUT2D eigenvalue weighted by Gasteiger charge is 2.16. The second-order valence-electron chi connectivity index (χ2n) is 3.46. The van der Waals surface area contributed by atoms with E-state index in [4.69, 9.17) is 5.11 Å². The highest BCUT2D eigenvalue weighted by atomic mass is 16.5. The monoisotopic (exact) mass is 195 g/mol. The predicted molar refractivity (Wildman–Crippen MR) is 53.2 cm³/mol. The third-order valence-corrected chi connectivity index (χ3v) is 1.89. The molecule has 76 valence electrons. The number of carbonyl (C=O) groups is 1. The van der Waals surface area contributed by atoms with Crippen molar-refractivity contribution < 1.29 is 14.6 Å². The number of rotatable bonds is 2. The van der Waals surface area contributed by atoms with Crippen molar-refractivity contribution in [3.8, 4) is 0 Å². The van der Waals surface area contributed by atoms with E-state index in [9.17, 15) is 10.0 Å². The second kappa shape index (κ2) is 4.09. The number of nitrogens with zero attached hydrogens (tertiary/aromatic N) is 1. The average Bonchev–Trinajstić information content (AvgIpc) is 2.09. The Kier molecular flexibility index (Phi) is 3.06. The van der Waals surface area contributed by atoms with Crippen molar-refractivity contribution in [2.24, 2.45) is 0 Å². The molecule has 0 spiro atoms. The van der Waals surface area contributed by atoms with E-state index in [1.165, 1.54) is 18.4 Å². The fraction of sp³-hybridized carbons (Fsp3) is 0.400. The van der Waals surface area contributed by atoms with Crippen molar-refractivity contribution in [3.63, 3.8) is 0 Å². The SMILES string of the molecule is CC(C)/[N+]([O-])=C/C1=CC=C(O)CC1=O. The number of ketones is 1. The van der Waals surface area contributed by atoms with Crippen LogP contribution in [0, 0.1) is 5.21 Å². The van der Waals surface area contributed by atoms with Gasteiger partial charge in [0, 0.05) is 0 Å². The molecule has 4 heteroatoms. The van der Waals surface area contributed by atoms with Gasteiger partial charge in [-0.15, -0.1) is 0 Å². The van der Waals surface area contributed by atoms with Crippen LogP contribution in [0.2, 0.25) is 0 Å². The summed E-state index contributed by atoms with van der Waals surface area (Å²) < 4.78 is 0.722. The van der Waals surface area contributed by atoms with Gasteiger partial charge in [-0.3, -0.25) is 4.79 Å². The van der Waals surface area contributed by atoms with Crippen molar-refractivity contribution in [1.29, 1.82) is 0 Å². The molecule has 1 aliphatic rings. The molecule has 0 atom stereocenters. The summed E-state index contributed by atoms with van der Waals surface area (Å²) in [5.74, 6) is -0.194. The minimum absolute atomic E-state index is 0.0196. The lowest BCUT2D eigenvalue weighted by Crippen LogP contribution is -2.19. The van der Waals surface area contributed by atoms with Gasteiger partial charge in [0.2, 0.25) is 0 Å². The maximum Gasteiger partial charge on any atom is 0.185 e. The molecule has 4 nitrogen and oxygen atoms in total. The van der Waals surface area contributed by atoms with E-state index < -0.39 is 0 Å². The minimum atomic E-state index is -0.230. The molecule has 0 heterocycles. The lowest BCUT2D eigenvalue weighted by Gasteiger charge is -2.09. The Balaban J connectivity index is 2.89. The number of hydrogen-bond donors (Lipinski definition) is 1. The van der Waals surface area contributed by atoms with Crippen LogP contribution >= 0.6 is 0 Å². The van der Waals surface area contributed by atoms with E-state index in [1.807, 2.05) is 0 Å². The molecular formula is C10H13NO3. The first-order valence-electron chi connectivity index (χ1n) is 4.44. The van der Waals surface area contributed by atoms with Gasteiger partial charge < -0.3 is 10.3 Å². The minimum Gasteiger partial charge on any atom is -0.624 e. The van der Waals surface area contributed by atoms with Gasteiger partial charge in [-0.25, -0.2) is 4.74 Å². The molecular weight excluding hydrogens is 182 g/mol. The molecule has 0 aromatic heterocycles. The Hall–Kier alpha value is -1.58. The summed E-state index contributed by atoms with van der Waals surface area (Å²) in [6.07, 6.45) is 4.13. The van der Waals surface area contributed by atoms with E-state index in [-0.39, 0.29) is 24.0 Å². The van der Waals surface area contributed by atoms with Crippen LogP contribution in [0.4, 0.5) is 0 Å². The van der Waals surface area contributed by atoms with Gasteiger partial charge in [0.25, 0.3) is 0 Å². The van der Waals surface area contributed by atoms with Gasteiger partial charge in [-0.05, 0) is 26.0 Å². The maximum absolute atomic E-state index is 11.3. The summed E-state index contributed by atoms with van der Waals surface area (Å²) in [6, 6.07) is -0.191. The summed E-state index contributed by atoms with van der Waals surface area (Å²) >= 11 is 0. The maximum atomic E-state index is 11.3. The molecule has 1 aliphatic carbocycles. The summed E-state index contributed by atoms with van der Waals surface area (Å²) in [5.41, 5.74) is 0.339. The largest absolute Gasteiger partial charge is 0.624 e. The molecule has 14 heavy (non-hydrogen) atoms. The smallest absolute Gasteiger partial charge is 0.185 e. The molecule has 1 rings (SSSR count). The third kappa shape index (κ3) is 2.45. The lowest BCUT2D eigenvalue weighted by atomic mass is 10.0. The van der Waals surface area contributed by atoms with Crippen LogP contribution in [-0.4, -0.2) is 27.9 Å². The first-order chi connectivity index (χ1) is 6.50. The third-order valence-electron chi connectivity index (χ3n) is 1.89. The zero-order valence-electron chi connectivity index (χ0n) is 8.23. The van der Waals surface area contributed by atoms with Crippen LogP contribution in [0.3, 0.4) is 0 Å². The van der Waals surface area contributed by atoms with Crippen LogP contribution in [-0.2, 0) is 4.79 Å². The quantitative estimate of drug-likeness (QED) is 0.313. The zero-order valence-corrected chi connectivity index (χ0v) is 8.23. The lowest BCUT2D eigenvalue weighted by molar-refractivity contribution is -0.487.